The van der Waals surface area contributed by atoms with Gasteiger partial charge in [0.05, 0.1) is 12.7 Å². The van der Waals surface area contributed by atoms with Crippen LogP contribution in [0.1, 0.15) is 6.92 Å². The van der Waals surface area contributed by atoms with Gasteiger partial charge in [-0.1, -0.05) is 11.6 Å². The summed E-state index contributed by atoms with van der Waals surface area (Å²) in [5.41, 5.74) is 0. The second-order valence-corrected chi connectivity index (χ2v) is 3.81. The Morgan fingerprint density at radius 2 is 2.29 bits per heavy atom. The summed E-state index contributed by atoms with van der Waals surface area (Å²) >= 11 is 5.91. The number of halogens is 1. The molecule has 0 saturated heterocycles. The number of nitrogens with zero attached hydrogens (tertiary/aromatic N) is 3. The van der Waals surface area contributed by atoms with Gasteiger partial charge in [-0.3, -0.25) is 4.79 Å². The van der Waals surface area contributed by atoms with Crippen LogP contribution in [0.3, 0.4) is 0 Å². The van der Waals surface area contributed by atoms with Crippen molar-refractivity contribution >= 4 is 29.3 Å². The zero-order valence-electron chi connectivity index (χ0n) is 10.1. The van der Waals surface area contributed by atoms with E-state index in [1.54, 1.807) is 19.0 Å². The van der Waals surface area contributed by atoms with Crippen molar-refractivity contribution in [3.63, 3.8) is 0 Å². The minimum absolute atomic E-state index is 0.0202. The lowest BCUT2D eigenvalue weighted by atomic mass is 10.4. The topological polar surface area (TPSA) is 70.2 Å². The minimum Gasteiger partial charge on any atom is -0.360 e. The van der Waals surface area contributed by atoms with Crippen LogP contribution in [-0.4, -0.2) is 48.0 Å². The molecule has 94 valence electrons. The smallest absolute Gasteiger partial charge is 0.241 e. The molecule has 1 amide bonds. The van der Waals surface area contributed by atoms with Gasteiger partial charge in [0, 0.05) is 20.6 Å². The molecule has 0 aliphatic carbocycles. The van der Waals surface area contributed by atoms with Gasteiger partial charge < -0.3 is 15.5 Å². The molecule has 17 heavy (non-hydrogen) atoms. The molecule has 0 radical (unpaired) electrons. The number of anilines is 2. The third kappa shape index (κ3) is 3.74. The first-order chi connectivity index (χ1) is 8.08. The highest BCUT2D eigenvalue weighted by molar-refractivity contribution is 6.32. The number of nitrogens with one attached hydrogen (secondary N) is 2. The van der Waals surface area contributed by atoms with Gasteiger partial charge in [0.1, 0.15) is 5.02 Å². The third-order valence-electron chi connectivity index (χ3n) is 2.27. The monoisotopic (exact) mass is 257 g/mol. The van der Waals surface area contributed by atoms with E-state index in [-0.39, 0.29) is 12.5 Å². The normalized spacial score (nSPS) is 9.88. The van der Waals surface area contributed by atoms with Gasteiger partial charge in [0.2, 0.25) is 11.9 Å². The van der Waals surface area contributed by atoms with E-state index < -0.39 is 0 Å². The lowest BCUT2D eigenvalue weighted by Crippen LogP contribution is -2.32. The zero-order chi connectivity index (χ0) is 12.8. The quantitative estimate of drug-likeness (QED) is 0.826. The van der Waals surface area contributed by atoms with E-state index >= 15 is 0 Å². The van der Waals surface area contributed by atoms with Crippen molar-refractivity contribution < 1.29 is 4.79 Å². The Labute approximate surface area is 105 Å². The number of likely N-dealkylation sites (N-methyl/N-ethyl adjacent to an activating group) is 1. The number of hydrogen-bond acceptors (Lipinski definition) is 5. The minimum atomic E-state index is -0.0202. The Kier molecular flexibility index (Phi) is 4.96. The Morgan fingerprint density at radius 3 is 2.88 bits per heavy atom. The van der Waals surface area contributed by atoms with Crippen molar-refractivity contribution in [2.75, 3.05) is 37.8 Å². The lowest BCUT2D eigenvalue weighted by molar-refractivity contribution is -0.127. The first kappa shape index (κ1) is 13.5. The van der Waals surface area contributed by atoms with Crippen LogP contribution < -0.4 is 10.6 Å². The molecule has 2 N–H and O–H groups in total. The summed E-state index contributed by atoms with van der Waals surface area (Å²) in [4.78, 5) is 21.2. The fourth-order valence-electron chi connectivity index (χ4n) is 1.08. The van der Waals surface area contributed by atoms with Gasteiger partial charge in [-0.05, 0) is 6.92 Å². The van der Waals surface area contributed by atoms with Crippen molar-refractivity contribution in [3.05, 3.63) is 11.2 Å². The van der Waals surface area contributed by atoms with Crippen LogP contribution >= 0.6 is 11.6 Å². The maximum atomic E-state index is 11.6. The SMILES string of the molecule is CCN(C)C(=O)CNc1nc(NC)ncc1Cl. The zero-order valence-corrected chi connectivity index (χ0v) is 10.9. The number of aromatic nitrogens is 2. The van der Waals surface area contributed by atoms with E-state index in [9.17, 15) is 4.79 Å². The van der Waals surface area contributed by atoms with Crippen molar-refractivity contribution in [1.82, 2.24) is 14.9 Å². The molecule has 0 unspecified atom stereocenters. The molecule has 1 aromatic heterocycles. The maximum absolute atomic E-state index is 11.6. The second kappa shape index (κ2) is 6.24. The van der Waals surface area contributed by atoms with Gasteiger partial charge in [-0.25, -0.2) is 4.98 Å². The molecule has 0 bridgehead atoms. The van der Waals surface area contributed by atoms with Gasteiger partial charge in [-0.15, -0.1) is 0 Å². The lowest BCUT2D eigenvalue weighted by Gasteiger charge is -2.15. The number of hydrogen-bond donors (Lipinski definition) is 2. The van der Waals surface area contributed by atoms with E-state index in [2.05, 4.69) is 20.6 Å². The van der Waals surface area contributed by atoms with E-state index in [1.165, 1.54) is 6.20 Å². The summed E-state index contributed by atoms with van der Waals surface area (Å²) in [6.07, 6.45) is 1.48. The average Bonchev–Trinajstić information content (AvgIpc) is 2.36. The molecular formula is C10H16ClN5O. The number of amides is 1. The summed E-state index contributed by atoms with van der Waals surface area (Å²) in [7, 11) is 3.45. The summed E-state index contributed by atoms with van der Waals surface area (Å²) in [5.74, 6) is 0.880. The summed E-state index contributed by atoms with van der Waals surface area (Å²) in [6, 6.07) is 0. The van der Waals surface area contributed by atoms with E-state index in [0.717, 1.165) is 0 Å². The highest BCUT2D eigenvalue weighted by Gasteiger charge is 2.09. The predicted octanol–water partition coefficient (Wildman–Crippen LogP) is 1.06. The van der Waals surface area contributed by atoms with Crippen LogP contribution in [-0.2, 0) is 4.79 Å². The van der Waals surface area contributed by atoms with Gasteiger partial charge in [-0.2, -0.15) is 4.98 Å². The largest absolute Gasteiger partial charge is 0.360 e. The van der Waals surface area contributed by atoms with Crippen LogP contribution in [0.4, 0.5) is 11.8 Å². The number of rotatable bonds is 5. The number of carbonyl (C=O) groups excluding carboxylic acids is 1. The van der Waals surface area contributed by atoms with Crippen molar-refractivity contribution in [1.29, 1.82) is 0 Å². The molecule has 0 fully saturated rings. The molecule has 0 atom stereocenters. The Balaban J connectivity index is 2.65. The molecular weight excluding hydrogens is 242 g/mol. The Bertz CT molecular complexity index is 398. The van der Waals surface area contributed by atoms with Crippen LogP contribution in [0.25, 0.3) is 0 Å². The molecule has 0 aliphatic heterocycles. The molecule has 0 aromatic carbocycles. The van der Waals surface area contributed by atoms with Crippen LogP contribution in [0.2, 0.25) is 5.02 Å². The van der Waals surface area contributed by atoms with Gasteiger partial charge in [0.15, 0.2) is 5.82 Å². The van der Waals surface area contributed by atoms with E-state index in [0.29, 0.717) is 23.3 Å². The van der Waals surface area contributed by atoms with Gasteiger partial charge in [0.25, 0.3) is 0 Å². The van der Waals surface area contributed by atoms with Gasteiger partial charge >= 0.3 is 0 Å². The molecule has 0 aliphatic rings. The fourth-order valence-corrected chi connectivity index (χ4v) is 1.24. The van der Waals surface area contributed by atoms with Crippen LogP contribution in [0, 0.1) is 0 Å². The highest BCUT2D eigenvalue weighted by Crippen LogP contribution is 2.18. The predicted molar refractivity (Wildman–Crippen MR) is 68.4 cm³/mol. The highest BCUT2D eigenvalue weighted by atomic mass is 35.5. The summed E-state index contributed by atoms with van der Waals surface area (Å²) in [6.45, 7) is 2.73. The second-order valence-electron chi connectivity index (χ2n) is 3.40. The first-order valence-electron chi connectivity index (χ1n) is 5.26. The Morgan fingerprint density at radius 1 is 1.59 bits per heavy atom. The fraction of sp³-hybridized carbons (Fsp3) is 0.500. The van der Waals surface area contributed by atoms with Crippen LogP contribution in [0.15, 0.2) is 6.20 Å². The molecule has 0 spiro atoms. The third-order valence-corrected chi connectivity index (χ3v) is 2.55. The first-order valence-corrected chi connectivity index (χ1v) is 5.64. The van der Waals surface area contributed by atoms with Crippen molar-refractivity contribution in [2.24, 2.45) is 0 Å². The van der Waals surface area contributed by atoms with Crippen molar-refractivity contribution in [2.45, 2.75) is 6.92 Å². The average molecular weight is 258 g/mol. The molecule has 1 aromatic rings. The summed E-state index contributed by atoms with van der Waals surface area (Å²) < 4.78 is 0. The van der Waals surface area contributed by atoms with E-state index in [4.69, 9.17) is 11.6 Å². The molecule has 1 heterocycles. The number of carbonyl (C=O) groups is 1. The molecule has 1 rings (SSSR count). The summed E-state index contributed by atoms with van der Waals surface area (Å²) in [5, 5.41) is 6.07. The molecule has 0 saturated carbocycles. The van der Waals surface area contributed by atoms with Crippen LogP contribution in [0.5, 0.6) is 0 Å². The van der Waals surface area contributed by atoms with E-state index in [1.807, 2.05) is 6.92 Å². The Hall–Kier alpha value is -1.56. The molecule has 7 heteroatoms. The molecule has 6 nitrogen and oxygen atoms in total. The maximum Gasteiger partial charge on any atom is 0.241 e. The van der Waals surface area contributed by atoms with Crippen molar-refractivity contribution in [3.8, 4) is 0 Å². The standard InChI is InChI=1S/C10H16ClN5O/c1-4-16(3)8(17)6-13-9-7(11)5-14-10(12-2)15-9/h5H,4,6H2,1-3H3,(H2,12,13,14,15).